The molecule has 3 rings (SSSR count). The molecule has 0 aliphatic rings. The second kappa shape index (κ2) is 3.78. The Morgan fingerprint density at radius 1 is 1.24 bits per heavy atom. The van der Waals surface area contributed by atoms with Gasteiger partial charge in [-0.3, -0.25) is 9.50 Å². The molecule has 0 saturated heterocycles. The number of hydrogen-bond acceptors (Lipinski definition) is 3. The smallest absolute Gasteiger partial charge is 0.200 e. The summed E-state index contributed by atoms with van der Waals surface area (Å²) in [6, 6.07) is 9.99. The second-order valence-electron chi connectivity index (χ2n) is 3.78. The first-order valence-corrected chi connectivity index (χ1v) is 5.66. The van der Waals surface area contributed by atoms with E-state index in [4.69, 9.17) is 12.2 Å². The van der Waals surface area contributed by atoms with Crippen LogP contribution in [0.2, 0.25) is 0 Å². The third-order valence-electron chi connectivity index (χ3n) is 2.68. The van der Waals surface area contributed by atoms with E-state index in [-0.39, 0.29) is 0 Å². The van der Waals surface area contributed by atoms with Gasteiger partial charge in [0, 0.05) is 5.56 Å². The Balaban J connectivity index is 2.43. The van der Waals surface area contributed by atoms with Gasteiger partial charge in [0.05, 0.1) is 17.4 Å². The van der Waals surface area contributed by atoms with E-state index >= 15 is 0 Å². The van der Waals surface area contributed by atoms with Crippen LogP contribution in [0.4, 0.5) is 0 Å². The maximum absolute atomic E-state index is 5.26. The highest BCUT2D eigenvalue weighted by atomic mass is 32.1. The molecule has 0 spiro atoms. The molecular weight excluding hydrogens is 232 g/mol. The molecule has 5 heteroatoms. The lowest BCUT2D eigenvalue weighted by molar-refractivity contribution is 0.926. The molecule has 0 aliphatic heterocycles. The monoisotopic (exact) mass is 242 g/mol. The number of aromatic nitrogens is 4. The Kier molecular flexibility index (Phi) is 2.26. The maximum Gasteiger partial charge on any atom is 0.200 e. The first-order chi connectivity index (χ1) is 8.27. The summed E-state index contributed by atoms with van der Waals surface area (Å²) in [7, 11) is 0. The SMILES string of the molecule is Cc1nc(-c2ccccc2)n2c(=S)[nH]ncc12. The zero-order valence-electron chi connectivity index (χ0n) is 9.21. The average molecular weight is 242 g/mol. The number of imidazole rings is 1. The summed E-state index contributed by atoms with van der Waals surface area (Å²) >= 11 is 5.26. The van der Waals surface area contributed by atoms with Crippen LogP contribution in [-0.4, -0.2) is 19.6 Å². The Morgan fingerprint density at radius 2 is 2.00 bits per heavy atom. The van der Waals surface area contributed by atoms with Gasteiger partial charge in [0.2, 0.25) is 0 Å². The van der Waals surface area contributed by atoms with E-state index in [1.165, 1.54) is 0 Å². The number of fused-ring (bicyclic) bond motifs is 1. The first-order valence-electron chi connectivity index (χ1n) is 5.25. The maximum atomic E-state index is 5.26. The first kappa shape index (κ1) is 10.2. The highest BCUT2D eigenvalue weighted by Gasteiger charge is 2.10. The van der Waals surface area contributed by atoms with Gasteiger partial charge in [-0.1, -0.05) is 30.3 Å². The highest BCUT2D eigenvalue weighted by Crippen LogP contribution is 2.21. The van der Waals surface area contributed by atoms with Crippen LogP contribution >= 0.6 is 12.2 Å². The zero-order valence-corrected chi connectivity index (χ0v) is 10.0. The van der Waals surface area contributed by atoms with Crippen molar-refractivity contribution in [1.82, 2.24) is 19.6 Å². The quantitative estimate of drug-likeness (QED) is 0.667. The number of nitrogens with zero attached hydrogens (tertiary/aromatic N) is 3. The third-order valence-corrected chi connectivity index (χ3v) is 2.95. The van der Waals surface area contributed by atoms with Gasteiger partial charge in [0.25, 0.3) is 0 Å². The number of aryl methyl sites for hydroxylation is 1. The molecule has 4 nitrogen and oxygen atoms in total. The molecule has 0 amide bonds. The van der Waals surface area contributed by atoms with E-state index in [0.717, 1.165) is 22.6 Å². The van der Waals surface area contributed by atoms with Gasteiger partial charge in [0.15, 0.2) is 4.77 Å². The minimum Gasteiger partial charge on any atom is -0.266 e. The molecule has 3 aromatic rings. The summed E-state index contributed by atoms with van der Waals surface area (Å²) in [6.07, 6.45) is 1.74. The van der Waals surface area contributed by atoms with Gasteiger partial charge in [-0.25, -0.2) is 4.98 Å². The number of benzene rings is 1. The summed E-state index contributed by atoms with van der Waals surface area (Å²) in [5, 5.41) is 6.78. The molecular formula is C12H10N4S. The fraction of sp³-hybridized carbons (Fsp3) is 0.0833. The van der Waals surface area contributed by atoms with E-state index in [9.17, 15) is 0 Å². The summed E-state index contributed by atoms with van der Waals surface area (Å²) in [4.78, 5) is 4.56. The summed E-state index contributed by atoms with van der Waals surface area (Å²) in [5.74, 6) is 0.849. The van der Waals surface area contributed by atoms with E-state index in [2.05, 4.69) is 15.2 Å². The molecule has 1 aromatic carbocycles. The van der Waals surface area contributed by atoms with E-state index < -0.39 is 0 Å². The number of hydrogen-bond donors (Lipinski definition) is 1. The molecule has 0 bridgehead atoms. The van der Waals surface area contributed by atoms with Crippen LogP contribution in [0.5, 0.6) is 0 Å². The van der Waals surface area contributed by atoms with Crippen LogP contribution in [-0.2, 0) is 0 Å². The minimum atomic E-state index is 0.557. The van der Waals surface area contributed by atoms with Crippen molar-refractivity contribution in [2.24, 2.45) is 0 Å². The zero-order chi connectivity index (χ0) is 11.8. The number of nitrogens with one attached hydrogen (secondary N) is 1. The van der Waals surface area contributed by atoms with Crippen molar-refractivity contribution in [2.75, 3.05) is 0 Å². The van der Waals surface area contributed by atoms with E-state index in [1.807, 2.05) is 41.7 Å². The van der Waals surface area contributed by atoms with Crippen molar-refractivity contribution in [3.63, 3.8) is 0 Å². The molecule has 0 radical (unpaired) electrons. The Labute approximate surface area is 103 Å². The van der Waals surface area contributed by atoms with Crippen molar-refractivity contribution in [3.8, 4) is 11.4 Å². The molecule has 0 saturated carbocycles. The highest BCUT2D eigenvalue weighted by molar-refractivity contribution is 7.71. The average Bonchev–Trinajstić information content (AvgIpc) is 2.70. The van der Waals surface area contributed by atoms with Gasteiger partial charge < -0.3 is 0 Å². The molecule has 0 fully saturated rings. The summed E-state index contributed by atoms with van der Waals surface area (Å²) < 4.78 is 2.47. The van der Waals surface area contributed by atoms with Crippen LogP contribution in [0.1, 0.15) is 5.69 Å². The standard InChI is InChI=1S/C12H10N4S/c1-8-10-7-13-15-12(17)16(10)11(14-8)9-5-3-2-4-6-9/h2-7H,1H3,(H,15,17). The fourth-order valence-electron chi connectivity index (χ4n) is 1.88. The van der Waals surface area contributed by atoms with Crippen molar-refractivity contribution in [1.29, 1.82) is 0 Å². The topological polar surface area (TPSA) is 46.0 Å². The van der Waals surface area contributed by atoms with Gasteiger partial charge in [0.1, 0.15) is 5.82 Å². The molecule has 17 heavy (non-hydrogen) atoms. The van der Waals surface area contributed by atoms with Crippen molar-refractivity contribution in [2.45, 2.75) is 6.92 Å². The molecule has 84 valence electrons. The lowest BCUT2D eigenvalue weighted by Gasteiger charge is -2.00. The predicted octanol–water partition coefficient (Wildman–Crippen LogP) is 2.76. The molecule has 1 N–H and O–H groups in total. The molecule has 0 unspecified atom stereocenters. The molecule has 0 atom stereocenters. The molecule has 2 heterocycles. The molecule has 0 aliphatic carbocycles. The van der Waals surface area contributed by atoms with E-state index in [1.54, 1.807) is 6.20 Å². The minimum absolute atomic E-state index is 0.557. The predicted molar refractivity (Wildman–Crippen MR) is 68.3 cm³/mol. The Hall–Kier alpha value is -2.01. The van der Waals surface area contributed by atoms with Gasteiger partial charge in [-0.15, -0.1) is 0 Å². The normalized spacial score (nSPS) is 10.9. The van der Waals surface area contributed by atoms with Gasteiger partial charge in [-0.05, 0) is 19.1 Å². The van der Waals surface area contributed by atoms with E-state index in [0.29, 0.717) is 4.77 Å². The summed E-state index contributed by atoms with van der Waals surface area (Å²) in [6.45, 7) is 1.96. The number of aromatic amines is 1. The fourth-order valence-corrected chi connectivity index (χ4v) is 2.12. The van der Waals surface area contributed by atoms with Crippen molar-refractivity contribution >= 4 is 17.7 Å². The van der Waals surface area contributed by atoms with Crippen LogP contribution in [0.25, 0.3) is 16.9 Å². The Morgan fingerprint density at radius 3 is 2.76 bits per heavy atom. The lowest BCUT2D eigenvalue weighted by atomic mass is 10.2. The van der Waals surface area contributed by atoms with Crippen LogP contribution in [0, 0.1) is 11.7 Å². The summed E-state index contributed by atoms with van der Waals surface area (Å²) in [5.41, 5.74) is 2.91. The second-order valence-corrected chi connectivity index (χ2v) is 4.17. The van der Waals surface area contributed by atoms with Gasteiger partial charge >= 0.3 is 0 Å². The van der Waals surface area contributed by atoms with Crippen LogP contribution < -0.4 is 0 Å². The van der Waals surface area contributed by atoms with Crippen molar-refractivity contribution < 1.29 is 0 Å². The Bertz CT molecular complexity index is 727. The largest absolute Gasteiger partial charge is 0.266 e. The number of rotatable bonds is 1. The van der Waals surface area contributed by atoms with Gasteiger partial charge in [-0.2, -0.15) is 5.10 Å². The van der Waals surface area contributed by atoms with Crippen molar-refractivity contribution in [3.05, 3.63) is 47.0 Å². The lowest BCUT2D eigenvalue weighted by Crippen LogP contribution is -1.95. The number of H-pyrrole nitrogens is 1. The molecule has 2 aromatic heterocycles. The van der Waals surface area contributed by atoms with Crippen LogP contribution in [0.3, 0.4) is 0 Å². The van der Waals surface area contributed by atoms with Crippen LogP contribution in [0.15, 0.2) is 36.5 Å². The third kappa shape index (κ3) is 1.55.